The maximum absolute atomic E-state index is 14.4. The highest BCUT2D eigenvalue weighted by molar-refractivity contribution is 9.10. The number of anilines is 1. The van der Waals surface area contributed by atoms with Crippen molar-refractivity contribution < 1.29 is 18.2 Å². The predicted octanol–water partition coefficient (Wildman–Crippen LogP) is 7.11. The molecule has 0 atom stereocenters. The Morgan fingerprint density at radius 1 is 1.19 bits per heavy atom. The van der Waals surface area contributed by atoms with Gasteiger partial charge >= 0.3 is 11.5 Å². The van der Waals surface area contributed by atoms with Crippen LogP contribution in [0, 0.1) is 12.7 Å². The van der Waals surface area contributed by atoms with E-state index < -0.39 is 11.7 Å². The van der Waals surface area contributed by atoms with Crippen LogP contribution in [0.25, 0.3) is 22.7 Å². The van der Waals surface area contributed by atoms with Crippen LogP contribution in [-0.4, -0.2) is 10.9 Å². The smallest absolute Gasteiger partial charge is 0.370 e. The van der Waals surface area contributed by atoms with Gasteiger partial charge in [0, 0.05) is 21.8 Å². The largest absolute Gasteiger partial charge is 0.411 e. The number of aromatic nitrogens is 2. The first-order valence-corrected chi connectivity index (χ1v) is 11.3. The zero-order chi connectivity index (χ0) is 23.6. The lowest BCUT2D eigenvalue weighted by atomic mass is 10.1. The molecule has 0 fully saturated rings. The number of hydrogen-bond donors (Lipinski definition) is 1. The summed E-state index contributed by atoms with van der Waals surface area (Å²) >= 11 is 15.4. The molecule has 0 saturated carbocycles. The third kappa shape index (κ3) is 4.95. The van der Waals surface area contributed by atoms with Crippen molar-refractivity contribution in [3.8, 4) is 11.5 Å². The number of fused-ring (bicyclic) bond motifs is 1. The Hall–Kier alpha value is -2.48. The summed E-state index contributed by atoms with van der Waals surface area (Å²) in [6.45, 7) is 5.75. The first kappa shape index (κ1) is 24.2. The van der Waals surface area contributed by atoms with Crippen LogP contribution in [0.3, 0.4) is 0 Å². The highest BCUT2D eigenvalue weighted by atomic mass is 79.9. The van der Waals surface area contributed by atoms with E-state index in [1.165, 1.54) is 24.3 Å². The van der Waals surface area contributed by atoms with E-state index in [1.807, 2.05) is 27.1 Å². The maximum Gasteiger partial charge on any atom is 0.370 e. The molecule has 5 nitrogen and oxygen atoms in total. The molecule has 0 aliphatic rings. The second kappa shape index (κ2) is 9.98. The number of amides is 1. The lowest BCUT2D eigenvalue weighted by Gasteiger charge is -2.11. The zero-order valence-electron chi connectivity index (χ0n) is 17.8. The molecule has 1 N–H and O–H groups in total. The van der Waals surface area contributed by atoms with Crippen molar-refractivity contribution in [1.82, 2.24) is 4.98 Å². The predicted molar refractivity (Wildman–Crippen MR) is 129 cm³/mol. The third-order valence-corrected chi connectivity index (χ3v) is 5.56. The number of halogens is 4. The minimum Gasteiger partial charge on any atom is -0.411 e. The topological polar surface area (TPSA) is 59.0 Å². The Kier molecular flexibility index (Phi) is 7.54. The molecular formula is C23H20BrCl2FN3O2+. The number of carbonyl (C=O) groups excluding carboxylic acids is 1. The van der Waals surface area contributed by atoms with Crippen LogP contribution in [0.1, 0.15) is 29.8 Å². The van der Waals surface area contributed by atoms with Crippen LogP contribution in [0.5, 0.6) is 0 Å². The van der Waals surface area contributed by atoms with Gasteiger partial charge in [0.05, 0.1) is 27.7 Å². The number of rotatable bonds is 3. The van der Waals surface area contributed by atoms with E-state index in [9.17, 15) is 9.18 Å². The quantitative estimate of drug-likeness (QED) is 0.282. The molecule has 9 heteroatoms. The SMILES string of the molecule is CC.Cc1c(NC(=O)c2ccc(Cl)cc2Cl)cc(F)cc1-c1nc2c(cc(Br)c[n+]2C)o1. The first-order valence-electron chi connectivity index (χ1n) is 9.75. The summed E-state index contributed by atoms with van der Waals surface area (Å²) in [5.74, 6) is -0.777. The van der Waals surface area contributed by atoms with Crippen molar-refractivity contribution in [2.75, 3.05) is 5.32 Å². The van der Waals surface area contributed by atoms with Gasteiger partial charge in [0.15, 0.2) is 0 Å². The number of hydrogen-bond acceptors (Lipinski definition) is 3. The van der Waals surface area contributed by atoms with E-state index in [0.717, 1.165) is 4.47 Å². The number of pyridine rings is 1. The molecule has 4 rings (SSSR count). The molecule has 2 aromatic carbocycles. The van der Waals surface area contributed by atoms with Gasteiger partial charge < -0.3 is 9.73 Å². The monoisotopic (exact) mass is 538 g/mol. The van der Waals surface area contributed by atoms with Gasteiger partial charge in [0.1, 0.15) is 12.0 Å². The Morgan fingerprint density at radius 3 is 2.59 bits per heavy atom. The number of nitrogens with one attached hydrogen (secondary N) is 1. The summed E-state index contributed by atoms with van der Waals surface area (Å²) in [6.07, 6.45) is 1.84. The summed E-state index contributed by atoms with van der Waals surface area (Å²) in [7, 11) is 1.83. The molecule has 32 heavy (non-hydrogen) atoms. The van der Waals surface area contributed by atoms with Crippen LogP contribution < -0.4 is 9.88 Å². The summed E-state index contributed by atoms with van der Waals surface area (Å²) in [4.78, 5) is 17.2. The van der Waals surface area contributed by atoms with Crippen molar-refractivity contribution in [3.63, 3.8) is 0 Å². The second-order valence-electron chi connectivity index (χ2n) is 6.68. The van der Waals surface area contributed by atoms with Gasteiger partial charge in [0.25, 0.3) is 5.91 Å². The Morgan fingerprint density at radius 2 is 1.91 bits per heavy atom. The van der Waals surface area contributed by atoms with E-state index in [-0.39, 0.29) is 22.2 Å². The lowest BCUT2D eigenvalue weighted by molar-refractivity contribution is -0.647. The molecular weight excluding hydrogens is 520 g/mol. The molecule has 0 spiro atoms. The summed E-state index contributed by atoms with van der Waals surface area (Å²) < 4.78 is 22.9. The molecule has 2 heterocycles. The molecule has 0 aliphatic carbocycles. The van der Waals surface area contributed by atoms with Crippen molar-refractivity contribution in [2.45, 2.75) is 20.8 Å². The van der Waals surface area contributed by atoms with Crippen molar-refractivity contribution in [2.24, 2.45) is 7.05 Å². The fourth-order valence-corrected chi connectivity index (χ4v) is 4.10. The highest BCUT2D eigenvalue weighted by Crippen LogP contribution is 2.32. The second-order valence-corrected chi connectivity index (χ2v) is 8.44. The molecule has 4 aromatic rings. The van der Waals surface area contributed by atoms with Crippen LogP contribution in [0.4, 0.5) is 10.1 Å². The van der Waals surface area contributed by atoms with E-state index in [2.05, 4.69) is 26.2 Å². The molecule has 166 valence electrons. The average Bonchev–Trinajstić information content (AvgIpc) is 3.16. The van der Waals surface area contributed by atoms with Gasteiger partial charge in [-0.2, -0.15) is 0 Å². The lowest BCUT2D eigenvalue weighted by Crippen LogP contribution is -2.28. The zero-order valence-corrected chi connectivity index (χ0v) is 20.9. The maximum atomic E-state index is 14.4. The van der Waals surface area contributed by atoms with E-state index >= 15 is 0 Å². The van der Waals surface area contributed by atoms with Crippen molar-refractivity contribution >= 4 is 62.0 Å². The minimum atomic E-state index is -0.541. The van der Waals surface area contributed by atoms with Gasteiger partial charge in [0.2, 0.25) is 5.58 Å². The summed E-state index contributed by atoms with van der Waals surface area (Å²) in [6, 6.07) is 8.88. The highest BCUT2D eigenvalue weighted by Gasteiger charge is 2.24. The number of aryl methyl sites for hydroxylation is 1. The van der Waals surface area contributed by atoms with Crippen LogP contribution in [0.2, 0.25) is 10.0 Å². The molecule has 2 aromatic heterocycles. The van der Waals surface area contributed by atoms with E-state index in [0.29, 0.717) is 27.4 Å². The van der Waals surface area contributed by atoms with Crippen molar-refractivity contribution in [3.05, 3.63) is 74.1 Å². The minimum absolute atomic E-state index is 0.200. The molecule has 0 saturated heterocycles. The molecule has 0 aliphatic heterocycles. The summed E-state index contributed by atoms with van der Waals surface area (Å²) in [5.41, 5.74) is 2.70. The molecule has 1 amide bonds. The van der Waals surface area contributed by atoms with E-state index in [4.69, 9.17) is 27.6 Å². The fourth-order valence-electron chi connectivity index (χ4n) is 3.09. The Labute approximate surface area is 203 Å². The van der Waals surface area contributed by atoms with E-state index in [1.54, 1.807) is 23.6 Å². The third-order valence-electron chi connectivity index (χ3n) is 4.58. The van der Waals surface area contributed by atoms with Gasteiger partial charge in [-0.05, 0) is 58.7 Å². The van der Waals surface area contributed by atoms with Crippen LogP contribution in [-0.2, 0) is 7.05 Å². The van der Waals surface area contributed by atoms with Gasteiger partial charge in [-0.3, -0.25) is 4.79 Å². The van der Waals surface area contributed by atoms with Crippen LogP contribution >= 0.6 is 39.1 Å². The number of carbonyl (C=O) groups is 1. The van der Waals surface area contributed by atoms with Gasteiger partial charge in [-0.25, -0.2) is 8.96 Å². The first-order chi connectivity index (χ1) is 15.2. The van der Waals surface area contributed by atoms with Crippen molar-refractivity contribution in [1.29, 1.82) is 0 Å². The standard InChI is InChI=1S/C21H13BrCl2FN3O2.C2H6/c1-10-15(21-27-19-18(30-21)5-11(22)9-28(19)2)7-13(25)8-17(10)26-20(29)14-4-3-12(23)6-16(14)24;1-2/h3-9H,1-2H3;1-2H3/p+1. The Balaban J connectivity index is 0.00000141. The fraction of sp³-hybridized carbons (Fsp3) is 0.174. The number of nitrogens with zero attached hydrogens (tertiary/aromatic N) is 2. The number of benzene rings is 2. The van der Waals surface area contributed by atoms with Crippen LogP contribution in [0.15, 0.2) is 51.5 Å². The average molecular weight is 540 g/mol. The number of oxazole rings is 1. The Bertz CT molecular complexity index is 1320. The van der Waals surface area contributed by atoms with Gasteiger partial charge in [-0.15, -0.1) is 0 Å². The molecule has 0 unspecified atom stereocenters. The molecule has 0 radical (unpaired) electrons. The summed E-state index contributed by atoms with van der Waals surface area (Å²) in [5, 5.41) is 3.32. The van der Waals surface area contributed by atoms with Gasteiger partial charge in [-0.1, -0.05) is 37.0 Å². The normalized spacial score (nSPS) is 10.6. The molecule has 0 bridgehead atoms.